The summed E-state index contributed by atoms with van der Waals surface area (Å²) in [5.41, 5.74) is 0. The van der Waals surface area contributed by atoms with Crippen molar-refractivity contribution in [3.05, 3.63) is 24.1 Å². The molecule has 0 saturated carbocycles. The molecule has 0 aliphatic heterocycles. The first-order chi connectivity index (χ1) is 10.1. The van der Waals surface area contributed by atoms with Crippen molar-refractivity contribution in [2.24, 2.45) is 0 Å². The molecule has 2 heterocycles. The maximum atomic E-state index is 12.4. The first-order valence-electron chi connectivity index (χ1n) is 6.09. The third kappa shape index (κ3) is 3.44. The molecule has 12 heteroatoms. The topological polar surface area (TPSA) is 103 Å². The molecule has 0 aliphatic rings. The van der Waals surface area contributed by atoms with Crippen LogP contribution in [0.5, 0.6) is 0 Å². The van der Waals surface area contributed by atoms with Gasteiger partial charge in [0.1, 0.15) is 4.90 Å². The van der Waals surface area contributed by atoms with Crippen molar-refractivity contribution >= 4 is 10.0 Å². The van der Waals surface area contributed by atoms with Crippen LogP contribution in [0.1, 0.15) is 31.6 Å². The van der Waals surface area contributed by atoms with Crippen LogP contribution in [0.25, 0.3) is 0 Å². The number of sulfonamides is 1. The lowest BCUT2D eigenvalue weighted by Crippen LogP contribution is -2.27. The lowest BCUT2D eigenvalue weighted by atomic mass is 10.3. The van der Waals surface area contributed by atoms with Crippen LogP contribution < -0.4 is 4.72 Å². The number of hydrogen-bond donors (Lipinski definition) is 1. The van der Waals surface area contributed by atoms with Crippen LogP contribution >= 0.6 is 0 Å². The van der Waals surface area contributed by atoms with Gasteiger partial charge < -0.3 is 4.52 Å². The average molecular weight is 339 g/mol. The smallest absolute Gasteiger partial charge is 0.329 e. The van der Waals surface area contributed by atoms with Crippen molar-refractivity contribution in [2.45, 2.75) is 37.5 Å². The first kappa shape index (κ1) is 16.4. The molecular formula is C10H12F3N5O3S. The second kappa shape index (κ2) is 5.68. The van der Waals surface area contributed by atoms with Crippen LogP contribution in [0.2, 0.25) is 0 Å². The fourth-order valence-corrected chi connectivity index (χ4v) is 2.69. The van der Waals surface area contributed by atoms with Crippen LogP contribution in [0.3, 0.4) is 0 Å². The van der Waals surface area contributed by atoms with Crippen LogP contribution in [0, 0.1) is 0 Å². The van der Waals surface area contributed by atoms with Crippen LogP contribution in [-0.4, -0.2) is 28.3 Å². The van der Waals surface area contributed by atoms with E-state index in [1.54, 1.807) is 6.92 Å². The molecule has 0 spiro atoms. The van der Waals surface area contributed by atoms with E-state index in [0.717, 1.165) is 6.20 Å². The van der Waals surface area contributed by atoms with E-state index in [1.807, 2.05) is 0 Å². The Labute approximate surface area is 123 Å². The fraction of sp³-hybridized carbons (Fsp3) is 0.500. The molecule has 1 N–H and O–H groups in total. The van der Waals surface area contributed by atoms with E-state index in [-0.39, 0.29) is 4.90 Å². The van der Waals surface area contributed by atoms with Gasteiger partial charge in [0.2, 0.25) is 10.0 Å². The number of hydrogen-bond acceptors (Lipinski definition) is 6. The predicted molar refractivity (Wildman–Crippen MR) is 65.9 cm³/mol. The Bertz CT molecular complexity index is 752. The maximum Gasteiger partial charge on any atom is 0.471 e. The Hall–Kier alpha value is -1.95. The van der Waals surface area contributed by atoms with Gasteiger partial charge in [0.25, 0.3) is 0 Å². The Morgan fingerprint density at radius 2 is 2.14 bits per heavy atom. The van der Waals surface area contributed by atoms with Crippen molar-refractivity contribution in [2.75, 3.05) is 0 Å². The van der Waals surface area contributed by atoms with Gasteiger partial charge in [-0.2, -0.15) is 23.3 Å². The highest BCUT2D eigenvalue weighted by molar-refractivity contribution is 7.89. The van der Waals surface area contributed by atoms with Crippen molar-refractivity contribution in [1.29, 1.82) is 0 Å². The summed E-state index contributed by atoms with van der Waals surface area (Å²) >= 11 is 0. The van der Waals surface area contributed by atoms with Crippen LogP contribution in [0.15, 0.2) is 21.8 Å². The van der Waals surface area contributed by atoms with E-state index in [2.05, 4.69) is 24.5 Å². The maximum absolute atomic E-state index is 12.4. The Balaban J connectivity index is 2.17. The van der Waals surface area contributed by atoms with Crippen LogP contribution in [-0.2, 0) is 22.7 Å². The second-order valence-electron chi connectivity index (χ2n) is 4.33. The summed E-state index contributed by atoms with van der Waals surface area (Å²) in [5.74, 6) is -1.95. The molecule has 0 aliphatic carbocycles. The third-order valence-corrected chi connectivity index (χ3v) is 4.14. The zero-order valence-electron chi connectivity index (χ0n) is 11.5. The third-order valence-electron chi connectivity index (χ3n) is 2.65. The SMILES string of the molecule is CCn1cc(S(=O)(=O)N[C@H](C)c2noc(C(F)(F)F)n2)cn1. The van der Waals surface area contributed by atoms with E-state index in [1.165, 1.54) is 17.8 Å². The Morgan fingerprint density at radius 1 is 1.45 bits per heavy atom. The van der Waals surface area contributed by atoms with E-state index in [4.69, 9.17) is 0 Å². The molecule has 0 unspecified atom stereocenters. The van der Waals surface area contributed by atoms with Crippen LogP contribution in [0.4, 0.5) is 13.2 Å². The van der Waals surface area contributed by atoms with E-state index in [9.17, 15) is 21.6 Å². The summed E-state index contributed by atoms with van der Waals surface area (Å²) in [6.07, 6.45) is -2.35. The standard InChI is InChI=1S/C10H12F3N5O3S/c1-3-18-5-7(4-14-18)22(19,20)17-6(2)8-15-9(21-16-8)10(11,12)13/h4-6,17H,3H2,1-2H3/t6-/m1/s1. The molecule has 0 amide bonds. The molecule has 0 radical (unpaired) electrons. The molecule has 2 aromatic heterocycles. The van der Waals surface area contributed by atoms with Gasteiger partial charge in [-0.05, 0) is 13.8 Å². The minimum atomic E-state index is -4.79. The number of rotatable bonds is 5. The molecular weight excluding hydrogens is 327 g/mol. The van der Waals surface area contributed by atoms with Gasteiger partial charge in [0, 0.05) is 12.7 Å². The molecule has 122 valence electrons. The second-order valence-corrected chi connectivity index (χ2v) is 6.04. The molecule has 8 nitrogen and oxygen atoms in total. The minimum absolute atomic E-state index is 0.110. The van der Waals surface area contributed by atoms with Gasteiger partial charge in [-0.15, -0.1) is 0 Å². The Kier molecular flexibility index (Phi) is 4.24. The quantitative estimate of drug-likeness (QED) is 0.882. The number of nitrogens with one attached hydrogen (secondary N) is 1. The van der Waals surface area contributed by atoms with Gasteiger partial charge in [-0.3, -0.25) is 4.68 Å². The van der Waals surface area contributed by atoms with Gasteiger partial charge in [0.15, 0.2) is 5.82 Å². The minimum Gasteiger partial charge on any atom is -0.329 e. The van der Waals surface area contributed by atoms with Crippen molar-refractivity contribution in [3.63, 3.8) is 0 Å². The fourth-order valence-electron chi connectivity index (χ4n) is 1.54. The number of aromatic nitrogens is 4. The molecule has 22 heavy (non-hydrogen) atoms. The normalized spacial score (nSPS) is 14.2. The number of aryl methyl sites for hydroxylation is 1. The summed E-state index contributed by atoms with van der Waals surface area (Å²) in [6, 6.07) is -1.10. The van der Waals surface area contributed by atoms with Crippen molar-refractivity contribution < 1.29 is 26.1 Å². The summed E-state index contributed by atoms with van der Waals surface area (Å²) in [7, 11) is -3.96. The van der Waals surface area contributed by atoms with E-state index >= 15 is 0 Å². The highest BCUT2D eigenvalue weighted by atomic mass is 32.2. The summed E-state index contributed by atoms with van der Waals surface area (Å²) in [5, 5.41) is 6.94. The summed E-state index contributed by atoms with van der Waals surface area (Å²) in [4.78, 5) is 3.02. The lowest BCUT2D eigenvalue weighted by molar-refractivity contribution is -0.159. The molecule has 0 bridgehead atoms. The molecule has 0 aromatic carbocycles. The zero-order valence-corrected chi connectivity index (χ0v) is 12.3. The summed E-state index contributed by atoms with van der Waals surface area (Å²) in [6.45, 7) is 3.55. The summed E-state index contributed by atoms with van der Waals surface area (Å²) < 4.78 is 68.9. The highest BCUT2D eigenvalue weighted by Gasteiger charge is 2.39. The molecule has 2 aromatic rings. The van der Waals surface area contributed by atoms with Gasteiger partial charge in [-0.1, -0.05) is 5.16 Å². The first-order valence-corrected chi connectivity index (χ1v) is 7.57. The van der Waals surface area contributed by atoms with Gasteiger partial charge in [-0.25, -0.2) is 13.1 Å². The highest BCUT2D eigenvalue weighted by Crippen LogP contribution is 2.28. The Morgan fingerprint density at radius 3 is 2.64 bits per heavy atom. The van der Waals surface area contributed by atoms with Gasteiger partial charge in [0.05, 0.1) is 12.2 Å². The largest absolute Gasteiger partial charge is 0.471 e. The molecule has 1 atom stereocenters. The van der Waals surface area contributed by atoms with E-state index in [0.29, 0.717) is 6.54 Å². The van der Waals surface area contributed by atoms with Gasteiger partial charge >= 0.3 is 12.1 Å². The zero-order chi connectivity index (χ0) is 16.5. The number of halogens is 3. The molecule has 0 fully saturated rings. The lowest BCUT2D eigenvalue weighted by Gasteiger charge is -2.09. The van der Waals surface area contributed by atoms with Crippen molar-refractivity contribution in [1.82, 2.24) is 24.6 Å². The molecule has 0 saturated heterocycles. The number of nitrogens with zero attached hydrogens (tertiary/aromatic N) is 4. The van der Waals surface area contributed by atoms with Crippen molar-refractivity contribution in [3.8, 4) is 0 Å². The molecule has 2 rings (SSSR count). The average Bonchev–Trinajstić information content (AvgIpc) is 3.07. The predicted octanol–water partition coefficient (Wildman–Crippen LogP) is 1.34. The number of alkyl halides is 3. The monoisotopic (exact) mass is 339 g/mol. The van der Waals surface area contributed by atoms with E-state index < -0.39 is 34.0 Å².